The summed E-state index contributed by atoms with van der Waals surface area (Å²) in [7, 11) is 0. The molecule has 0 fully saturated rings. The highest BCUT2D eigenvalue weighted by Crippen LogP contribution is 2.25. The highest BCUT2D eigenvalue weighted by molar-refractivity contribution is 5.93. The predicted octanol–water partition coefficient (Wildman–Crippen LogP) is 1.71. The molecule has 0 saturated heterocycles. The summed E-state index contributed by atoms with van der Waals surface area (Å²) >= 11 is 0. The molecule has 0 spiro atoms. The van der Waals surface area contributed by atoms with Crippen LogP contribution < -0.4 is 17.2 Å². The third-order valence-corrected chi connectivity index (χ3v) is 2.53. The van der Waals surface area contributed by atoms with E-state index in [1.165, 1.54) is 12.1 Å². The van der Waals surface area contributed by atoms with Gasteiger partial charge in [-0.05, 0) is 23.3 Å². The summed E-state index contributed by atoms with van der Waals surface area (Å²) in [5, 5.41) is 0. The van der Waals surface area contributed by atoms with Crippen LogP contribution in [-0.4, -0.2) is 11.9 Å². The van der Waals surface area contributed by atoms with Crippen LogP contribution in [0.15, 0.2) is 58.5 Å². The first-order valence-electron chi connectivity index (χ1n) is 5.85. The van der Waals surface area contributed by atoms with Crippen LogP contribution in [0.4, 0.5) is 10.1 Å². The van der Waals surface area contributed by atoms with Crippen LogP contribution in [0, 0.1) is 5.82 Å². The van der Waals surface area contributed by atoms with Crippen LogP contribution >= 0.6 is 0 Å². The number of hydrogen-bond donors (Lipinski definition) is 3. The number of halogens is 1. The van der Waals surface area contributed by atoms with E-state index in [1.807, 2.05) is 30.3 Å². The zero-order chi connectivity index (χ0) is 14.5. The quantitative estimate of drug-likeness (QED) is 0.572. The van der Waals surface area contributed by atoms with Crippen molar-refractivity contribution in [1.29, 1.82) is 0 Å². The van der Waals surface area contributed by atoms with Gasteiger partial charge in [-0.1, -0.05) is 36.4 Å². The van der Waals surface area contributed by atoms with Crippen molar-refractivity contribution in [2.75, 3.05) is 0 Å². The largest absolute Gasteiger partial charge is 0.370 e. The summed E-state index contributed by atoms with van der Waals surface area (Å²) in [5.41, 5.74) is 17.5. The summed E-state index contributed by atoms with van der Waals surface area (Å²) in [6, 6.07) is 14.1. The molecule has 0 atom stereocenters. The molecule has 0 bridgehead atoms. The lowest BCUT2D eigenvalue weighted by Gasteiger charge is -2.03. The smallest absolute Gasteiger partial charge is 0.223 e. The molecule has 6 heteroatoms. The van der Waals surface area contributed by atoms with Crippen LogP contribution in [0.25, 0.3) is 11.1 Å². The van der Waals surface area contributed by atoms with Gasteiger partial charge in [0.15, 0.2) is 5.96 Å². The normalized spacial score (nSPS) is 11.2. The van der Waals surface area contributed by atoms with Crippen molar-refractivity contribution < 1.29 is 4.39 Å². The van der Waals surface area contributed by atoms with Gasteiger partial charge in [0.2, 0.25) is 5.96 Å². The van der Waals surface area contributed by atoms with Gasteiger partial charge < -0.3 is 17.2 Å². The first-order valence-corrected chi connectivity index (χ1v) is 5.85. The Hall–Kier alpha value is -2.89. The van der Waals surface area contributed by atoms with Crippen molar-refractivity contribution in [3.63, 3.8) is 0 Å². The van der Waals surface area contributed by atoms with Crippen LogP contribution in [0.3, 0.4) is 0 Å². The maximum absolute atomic E-state index is 14.0. The van der Waals surface area contributed by atoms with E-state index >= 15 is 0 Å². The van der Waals surface area contributed by atoms with Crippen molar-refractivity contribution in [3.8, 4) is 11.1 Å². The Kier molecular flexibility index (Phi) is 3.95. The molecule has 2 rings (SSSR count). The van der Waals surface area contributed by atoms with Gasteiger partial charge in [-0.2, -0.15) is 4.99 Å². The SMILES string of the molecule is NC(N)=NC(N)=Nc1ccc(-c2ccccc2)cc1F. The lowest BCUT2D eigenvalue weighted by atomic mass is 10.1. The van der Waals surface area contributed by atoms with Gasteiger partial charge in [0.25, 0.3) is 0 Å². The lowest BCUT2D eigenvalue weighted by Crippen LogP contribution is -2.26. The van der Waals surface area contributed by atoms with Crippen LogP contribution in [0.1, 0.15) is 0 Å². The van der Waals surface area contributed by atoms with Crippen molar-refractivity contribution in [2.24, 2.45) is 27.2 Å². The van der Waals surface area contributed by atoms with Gasteiger partial charge in [0.05, 0.1) is 0 Å². The van der Waals surface area contributed by atoms with Crippen molar-refractivity contribution in [1.82, 2.24) is 0 Å². The van der Waals surface area contributed by atoms with E-state index in [-0.39, 0.29) is 17.6 Å². The Morgan fingerprint density at radius 1 is 0.900 bits per heavy atom. The van der Waals surface area contributed by atoms with E-state index < -0.39 is 5.82 Å². The zero-order valence-electron chi connectivity index (χ0n) is 10.6. The summed E-state index contributed by atoms with van der Waals surface area (Å²) in [4.78, 5) is 7.33. The maximum atomic E-state index is 14.0. The molecule has 0 aromatic heterocycles. The molecule has 0 amide bonds. The van der Waals surface area contributed by atoms with Gasteiger partial charge in [0.1, 0.15) is 11.5 Å². The summed E-state index contributed by atoms with van der Waals surface area (Å²) in [5.74, 6) is -0.927. The van der Waals surface area contributed by atoms with E-state index in [4.69, 9.17) is 17.2 Å². The molecule has 6 N–H and O–H groups in total. The van der Waals surface area contributed by atoms with Crippen LogP contribution in [-0.2, 0) is 0 Å². The Morgan fingerprint density at radius 3 is 2.20 bits per heavy atom. The van der Waals surface area contributed by atoms with Gasteiger partial charge in [-0.15, -0.1) is 0 Å². The number of rotatable bonds is 2. The average Bonchev–Trinajstić information content (AvgIpc) is 2.41. The minimum absolute atomic E-state index is 0.0761. The fourth-order valence-electron chi connectivity index (χ4n) is 1.69. The maximum Gasteiger partial charge on any atom is 0.223 e. The molecule has 0 aliphatic carbocycles. The van der Waals surface area contributed by atoms with Gasteiger partial charge in [0, 0.05) is 0 Å². The number of nitrogens with zero attached hydrogens (tertiary/aromatic N) is 2. The Labute approximate surface area is 115 Å². The highest BCUT2D eigenvalue weighted by Gasteiger charge is 2.05. The third kappa shape index (κ3) is 3.32. The number of aliphatic imine (C=N–C) groups is 2. The Bertz CT molecular complexity index is 661. The fraction of sp³-hybridized carbons (Fsp3) is 0. The zero-order valence-corrected chi connectivity index (χ0v) is 10.6. The molecular weight excluding hydrogens is 257 g/mol. The molecule has 2 aromatic carbocycles. The minimum Gasteiger partial charge on any atom is -0.370 e. The molecular formula is C14H14FN5. The molecule has 0 aliphatic rings. The first-order chi connectivity index (χ1) is 9.56. The first kappa shape index (κ1) is 13.5. The van der Waals surface area contributed by atoms with Gasteiger partial charge in [-0.3, -0.25) is 0 Å². The van der Waals surface area contributed by atoms with Gasteiger partial charge in [-0.25, -0.2) is 9.38 Å². The third-order valence-electron chi connectivity index (χ3n) is 2.53. The number of benzene rings is 2. The number of guanidine groups is 2. The summed E-state index contributed by atoms with van der Waals surface area (Å²) in [6.45, 7) is 0. The summed E-state index contributed by atoms with van der Waals surface area (Å²) < 4.78 is 14.0. The standard InChI is InChI=1S/C14H14FN5/c15-11-8-10(9-4-2-1-3-5-9)6-7-12(11)19-14(18)20-13(16)17/h1-8H,(H6,16,17,18,19,20). The molecule has 102 valence electrons. The van der Waals surface area contributed by atoms with E-state index in [9.17, 15) is 4.39 Å². The predicted molar refractivity (Wildman–Crippen MR) is 78.9 cm³/mol. The lowest BCUT2D eigenvalue weighted by molar-refractivity contribution is 0.630. The molecule has 0 aliphatic heterocycles. The molecule has 2 aromatic rings. The second kappa shape index (κ2) is 5.83. The number of nitrogens with two attached hydrogens (primary N) is 3. The molecule has 0 saturated carbocycles. The topological polar surface area (TPSA) is 103 Å². The molecule has 0 radical (unpaired) electrons. The Balaban J connectivity index is 2.34. The van der Waals surface area contributed by atoms with Gasteiger partial charge >= 0.3 is 0 Å². The molecule has 0 unspecified atom stereocenters. The molecule has 20 heavy (non-hydrogen) atoms. The molecule has 0 heterocycles. The average molecular weight is 271 g/mol. The second-order valence-electron chi connectivity index (χ2n) is 4.04. The van der Waals surface area contributed by atoms with Crippen molar-refractivity contribution in [3.05, 3.63) is 54.3 Å². The Morgan fingerprint density at radius 2 is 1.60 bits per heavy atom. The van der Waals surface area contributed by atoms with E-state index in [0.29, 0.717) is 0 Å². The number of hydrogen-bond acceptors (Lipinski definition) is 1. The minimum atomic E-state index is -0.500. The van der Waals surface area contributed by atoms with Crippen molar-refractivity contribution in [2.45, 2.75) is 0 Å². The highest BCUT2D eigenvalue weighted by atomic mass is 19.1. The second-order valence-corrected chi connectivity index (χ2v) is 4.04. The monoisotopic (exact) mass is 271 g/mol. The van der Waals surface area contributed by atoms with Crippen molar-refractivity contribution >= 4 is 17.6 Å². The van der Waals surface area contributed by atoms with E-state index in [0.717, 1.165) is 11.1 Å². The summed E-state index contributed by atoms with van der Waals surface area (Å²) in [6.07, 6.45) is 0. The molecule has 5 nitrogen and oxygen atoms in total. The fourth-order valence-corrected chi connectivity index (χ4v) is 1.69. The van der Waals surface area contributed by atoms with E-state index in [1.54, 1.807) is 6.07 Å². The van der Waals surface area contributed by atoms with Crippen LogP contribution in [0.2, 0.25) is 0 Å². The van der Waals surface area contributed by atoms with Crippen LogP contribution in [0.5, 0.6) is 0 Å². The van der Waals surface area contributed by atoms with E-state index in [2.05, 4.69) is 9.98 Å².